The Morgan fingerprint density at radius 2 is 1.12 bits per heavy atom. The number of carbonyl (C=O) groups excluding carboxylic acids is 2. The van der Waals surface area contributed by atoms with Gasteiger partial charge in [0.1, 0.15) is 12.7 Å². The molecule has 0 bridgehead atoms. The molecule has 0 aromatic heterocycles. The van der Waals surface area contributed by atoms with Crippen molar-refractivity contribution in [3.63, 3.8) is 0 Å². The lowest BCUT2D eigenvalue weighted by Crippen LogP contribution is -2.29. The van der Waals surface area contributed by atoms with Crippen molar-refractivity contribution < 1.29 is 66.7 Å². The van der Waals surface area contributed by atoms with Gasteiger partial charge in [-0.1, -0.05) is 152 Å². The van der Waals surface area contributed by atoms with E-state index < -0.39 is 72.3 Å². The number of aliphatic hydroxyl groups excluding tert-OH is 2. The molecule has 0 saturated heterocycles. The predicted octanol–water partition coefficient (Wildman–Crippen LogP) is 9.42. The highest BCUT2D eigenvalue weighted by molar-refractivity contribution is 7.47. The van der Waals surface area contributed by atoms with Crippen LogP contribution in [0.3, 0.4) is 0 Å². The summed E-state index contributed by atoms with van der Waals surface area (Å²) in [5.41, 5.74) is 0. The summed E-state index contributed by atoms with van der Waals surface area (Å²) in [6.07, 6.45) is 35.6. The molecule has 0 aliphatic rings. The van der Waals surface area contributed by atoms with E-state index in [4.69, 9.17) is 23.8 Å². The lowest BCUT2D eigenvalue weighted by atomic mass is 10.0. The number of rotatable bonds is 39. The first-order valence-corrected chi connectivity index (χ1v) is 24.1. The average molecular weight is 865 g/mol. The fourth-order valence-electron chi connectivity index (χ4n) is 5.29. The molecule has 0 saturated carbocycles. The number of hydrogen-bond donors (Lipinski definition) is 5. The second kappa shape index (κ2) is 37.8. The Labute approximate surface area is 347 Å². The van der Waals surface area contributed by atoms with Gasteiger partial charge in [-0.15, -0.1) is 0 Å². The third-order valence-corrected chi connectivity index (χ3v) is 9.92. The SMILES string of the molecule is CC/C=C\C(O)C/C=C/C=C\C/C=C\C/C=C\CCCC(=O)O[C@H](COC(=O)CCCCCCCCCCCCCCC)COP(=O)(O)OC[C@@H](O)COP(=O)(O)O. The number of aliphatic hydroxyl groups is 2. The van der Waals surface area contributed by atoms with Crippen LogP contribution in [0.2, 0.25) is 0 Å². The molecule has 2 unspecified atom stereocenters. The number of phosphoric ester groups is 2. The van der Waals surface area contributed by atoms with Gasteiger partial charge in [-0.05, 0) is 44.9 Å². The molecule has 0 radical (unpaired) electrons. The highest BCUT2D eigenvalue weighted by Crippen LogP contribution is 2.43. The van der Waals surface area contributed by atoms with Gasteiger partial charge in [-0.2, -0.15) is 0 Å². The highest BCUT2D eigenvalue weighted by atomic mass is 31.2. The molecule has 0 aliphatic heterocycles. The maximum atomic E-state index is 12.6. The summed E-state index contributed by atoms with van der Waals surface area (Å²) < 4.78 is 47.6. The summed E-state index contributed by atoms with van der Waals surface area (Å²) in [5.74, 6) is -1.12. The monoisotopic (exact) mass is 864 g/mol. The van der Waals surface area contributed by atoms with E-state index in [0.29, 0.717) is 25.7 Å². The molecule has 0 fully saturated rings. The minimum atomic E-state index is -4.87. The maximum absolute atomic E-state index is 12.6. The quantitative estimate of drug-likeness (QED) is 0.0128. The molecule has 58 heavy (non-hydrogen) atoms. The first-order valence-electron chi connectivity index (χ1n) is 21.1. The average Bonchev–Trinajstić information content (AvgIpc) is 3.18. The molecule has 336 valence electrons. The van der Waals surface area contributed by atoms with Crippen LogP contribution in [0.5, 0.6) is 0 Å². The van der Waals surface area contributed by atoms with Crippen molar-refractivity contribution in [1.82, 2.24) is 0 Å². The molecule has 0 heterocycles. The number of ether oxygens (including phenoxy) is 2. The van der Waals surface area contributed by atoms with E-state index in [1.54, 1.807) is 6.08 Å². The van der Waals surface area contributed by atoms with Crippen LogP contribution in [0.25, 0.3) is 0 Å². The first kappa shape index (κ1) is 55.8. The van der Waals surface area contributed by atoms with Gasteiger partial charge in [-0.3, -0.25) is 23.2 Å². The number of carbonyl (C=O) groups is 2. The summed E-state index contributed by atoms with van der Waals surface area (Å²) in [5, 5.41) is 19.5. The largest absolute Gasteiger partial charge is 0.472 e. The topological polar surface area (TPSA) is 216 Å². The summed E-state index contributed by atoms with van der Waals surface area (Å²) in [6, 6.07) is 0. The van der Waals surface area contributed by atoms with Crippen molar-refractivity contribution in [2.75, 3.05) is 26.4 Å². The molecular weight excluding hydrogens is 790 g/mol. The lowest BCUT2D eigenvalue weighted by Gasteiger charge is -2.20. The lowest BCUT2D eigenvalue weighted by molar-refractivity contribution is -0.161. The van der Waals surface area contributed by atoms with E-state index in [0.717, 1.165) is 38.5 Å². The molecular formula is C42H74O14P2. The zero-order valence-electron chi connectivity index (χ0n) is 35.0. The van der Waals surface area contributed by atoms with Crippen LogP contribution in [0.1, 0.15) is 149 Å². The molecule has 0 spiro atoms. The fourth-order valence-corrected chi connectivity index (χ4v) is 6.44. The van der Waals surface area contributed by atoms with E-state index >= 15 is 0 Å². The smallest absolute Gasteiger partial charge is 0.462 e. The van der Waals surface area contributed by atoms with E-state index in [9.17, 15) is 33.8 Å². The van der Waals surface area contributed by atoms with Crippen LogP contribution in [0, 0.1) is 0 Å². The minimum Gasteiger partial charge on any atom is -0.462 e. The summed E-state index contributed by atoms with van der Waals surface area (Å²) >= 11 is 0. The summed E-state index contributed by atoms with van der Waals surface area (Å²) in [4.78, 5) is 52.6. The summed E-state index contributed by atoms with van der Waals surface area (Å²) in [7, 11) is -9.70. The van der Waals surface area contributed by atoms with Crippen molar-refractivity contribution >= 4 is 27.6 Å². The van der Waals surface area contributed by atoms with E-state index in [1.165, 1.54) is 57.8 Å². The Hall–Kier alpha value is -2.22. The highest BCUT2D eigenvalue weighted by Gasteiger charge is 2.28. The molecule has 16 heteroatoms. The fraction of sp³-hybridized carbons (Fsp3) is 0.714. The number of allylic oxidation sites excluding steroid dienone is 8. The molecule has 0 rings (SSSR count). The first-order chi connectivity index (χ1) is 27.8. The van der Waals surface area contributed by atoms with Gasteiger partial charge in [0.05, 0.1) is 25.9 Å². The Kier molecular flexibility index (Phi) is 36.3. The predicted molar refractivity (Wildman–Crippen MR) is 227 cm³/mol. The van der Waals surface area contributed by atoms with Crippen LogP contribution >= 0.6 is 15.6 Å². The van der Waals surface area contributed by atoms with Crippen LogP contribution in [-0.2, 0) is 41.8 Å². The Bertz CT molecular complexity index is 1280. The van der Waals surface area contributed by atoms with Crippen LogP contribution < -0.4 is 0 Å². The van der Waals surface area contributed by atoms with Crippen LogP contribution in [0.15, 0.2) is 60.8 Å². The minimum absolute atomic E-state index is 0.0346. The van der Waals surface area contributed by atoms with E-state index in [-0.39, 0.29) is 12.8 Å². The van der Waals surface area contributed by atoms with Gasteiger partial charge >= 0.3 is 27.6 Å². The van der Waals surface area contributed by atoms with Crippen molar-refractivity contribution in [2.45, 2.75) is 167 Å². The second-order valence-electron chi connectivity index (χ2n) is 14.1. The van der Waals surface area contributed by atoms with Crippen LogP contribution in [-0.4, -0.2) is 81.6 Å². The molecule has 14 nitrogen and oxygen atoms in total. The zero-order chi connectivity index (χ0) is 43.2. The third kappa shape index (κ3) is 40.6. The third-order valence-electron chi connectivity index (χ3n) is 8.49. The zero-order valence-corrected chi connectivity index (χ0v) is 36.8. The van der Waals surface area contributed by atoms with E-state index in [1.807, 2.05) is 61.6 Å². The molecule has 0 amide bonds. The van der Waals surface area contributed by atoms with Gasteiger partial charge in [0.25, 0.3) is 0 Å². The van der Waals surface area contributed by atoms with Gasteiger partial charge in [-0.25, -0.2) is 9.13 Å². The van der Waals surface area contributed by atoms with Crippen molar-refractivity contribution in [3.05, 3.63) is 60.8 Å². The van der Waals surface area contributed by atoms with E-state index in [2.05, 4.69) is 16.0 Å². The maximum Gasteiger partial charge on any atom is 0.472 e. The number of phosphoric acid groups is 2. The molecule has 4 atom stereocenters. The Morgan fingerprint density at radius 1 is 0.586 bits per heavy atom. The number of esters is 2. The van der Waals surface area contributed by atoms with Gasteiger partial charge in [0, 0.05) is 12.8 Å². The Morgan fingerprint density at radius 3 is 1.74 bits per heavy atom. The molecule has 0 aromatic carbocycles. The normalized spacial score (nSPS) is 15.2. The second-order valence-corrected chi connectivity index (χ2v) is 16.8. The van der Waals surface area contributed by atoms with Gasteiger partial charge < -0.3 is 34.4 Å². The van der Waals surface area contributed by atoms with Crippen LogP contribution in [0.4, 0.5) is 0 Å². The van der Waals surface area contributed by atoms with Crippen molar-refractivity contribution in [1.29, 1.82) is 0 Å². The number of unbranched alkanes of at least 4 members (excludes halogenated alkanes) is 13. The molecule has 0 aliphatic carbocycles. The molecule has 5 N–H and O–H groups in total. The van der Waals surface area contributed by atoms with Crippen molar-refractivity contribution in [2.24, 2.45) is 0 Å². The van der Waals surface area contributed by atoms with Gasteiger partial charge in [0.15, 0.2) is 6.10 Å². The Balaban J connectivity index is 4.67. The van der Waals surface area contributed by atoms with Gasteiger partial charge in [0.2, 0.25) is 0 Å². The molecule has 0 aromatic rings. The summed E-state index contributed by atoms with van der Waals surface area (Å²) in [6.45, 7) is 1.44. The van der Waals surface area contributed by atoms with Crippen molar-refractivity contribution in [3.8, 4) is 0 Å². The number of hydrogen-bond acceptors (Lipinski definition) is 11. The standard InChI is InChI=1S/C42H74O14P2/c1-3-5-7-8-9-10-11-12-16-19-22-25-28-32-41(45)52-36-40(37-55-58(50,51)54-35-39(44)34-53-57(47,48)49)56-42(46)33-29-26-23-20-17-14-13-15-18-21-24-27-31-38(43)30-6-4-2/h6,13-14,18,20-21,23-24,27,30,38-40,43-44H,3-5,7-12,15-17,19,22,25-26,28-29,31-37H2,1-2H3,(H,50,51)(H2,47,48,49)/b14-13-,21-18-,23-20-,27-24+,30-6-/t38?,39-,40+/m0/s1.